The van der Waals surface area contributed by atoms with Crippen LogP contribution in [0.4, 0.5) is 18.9 Å². The quantitative estimate of drug-likeness (QED) is 0.677. The first-order valence-corrected chi connectivity index (χ1v) is 7.47. The molecule has 25 heavy (non-hydrogen) atoms. The Morgan fingerprint density at radius 2 is 1.84 bits per heavy atom. The average Bonchev–Trinajstić information content (AvgIpc) is 2.55. The summed E-state index contributed by atoms with van der Waals surface area (Å²) in [5.41, 5.74) is 4.51. The van der Waals surface area contributed by atoms with Crippen LogP contribution in [0.3, 0.4) is 0 Å². The molecule has 0 bridgehead atoms. The number of aromatic hydroxyl groups is 1. The molecule has 3 N–H and O–H groups in total. The summed E-state index contributed by atoms with van der Waals surface area (Å²) < 4.78 is 40.5. The van der Waals surface area contributed by atoms with Crippen molar-refractivity contribution in [2.75, 3.05) is 5.73 Å². The molecule has 3 rings (SSSR count). The van der Waals surface area contributed by atoms with E-state index >= 15 is 0 Å². The first-order valence-electron chi connectivity index (χ1n) is 7.09. The molecule has 0 aliphatic rings. The second-order valence-corrected chi connectivity index (χ2v) is 5.98. The maximum atomic E-state index is 13.1. The lowest BCUT2D eigenvalue weighted by Gasteiger charge is -2.16. The van der Waals surface area contributed by atoms with Crippen LogP contribution in [0, 0.1) is 0 Å². The molecule has 0 unspecified atom stereocenters. The molecule has 0 amide bonds. The first-order chi connectivity index (χ1) is 11.6. The molecule has 0 atom stereocenters. The van der Waals surface area contributed by atoms with E-state index in [0.717, 1.165) is 16.7 Å². The van der Waals surface area contributed by atoms with Crippen LogP contribution >= 0.6 is 11.6 Å². The van der Waals surface area contributed by atoms with Gasteiger partial charge in [-0.05, 0) is 36.4 Å². The standard InChI is InChI=1S/C17H12ClF3N2O2/c1-23-12-4-2-8(17(19,20)21)6-10(12)14(15(22)16(23)25)11-7-9(18)3-5-13(11)24/h2-7,24H,22H2,1H3. The summed E-state index contributed by atoms with van der Waals surface area (Å²) in [6.07, 6.45) is -4.56. The number of hydrogen-bond donors (Lipinski definition) is 2. The van der Waals surface area contributed by atoms with E-state index in [4.69, 9.17) is 17.3 Å². The van der Waals surface area contributed by atoms with Gasteiger partial charge in [-0.2, -0.15) is 13.2 Å². The van der Waals surface area contributed by atoms with Gasteiger partial charge in [0.15, 0.2) is 0 Å². The lowest BCUT2D eigenvalue weighted by molar-refractivity contribution is -0.137. The molecule has 0 saturated heterocycles. The van der Waals surface area contributed by atoms with Crippen LogP contribution in [0.1, 0.15) is 5.56 Å². The number of phenolic OH excluding ortho intramolecular Hbond substituents is 1. The fraction of sp³-hybridized carbons (Fsp3) is 0.118. The summed E-state index contributed by atoms with van der Waals surface area (Å²) in [6.45, 7) is 0. The molecule has 4 nitrogen and oxygen atoms in total. The lowest BCUT2D eigenvalue weighted by Crippen LogP contribution is -2.22. The molecule has 0 aliphatic carbocycles. The molecule has 0 radical (unpaired) electrons. The number of alkyl halides is 3. The van der Waals surface area contributed by atoms with Gasteiger partial charge in [-0.25, -0.2) is 0 Å². The molecule has 8 heteroatoms. The van der Waals surface area contributed by atoms with Crippen molar-refractivity contribution >= 4 is 28.2 Å². The summed E-state index contributed by atoms with van der Waals surface area (Å²) in [5, 5.41) is 10.4. The number of fused-ring (bicyclic) bond motifs is 1. The summed E-state index contributed by atoms with van der Waals surface area (Å²) >= 11 is 5.93. The highest BCUT2D eigenvalue weighted by atomic mass is 35.5. The average molecular weight is 369 g/mol. The Morgan fingerprint density at radius 1 is 1.16 bits per heavy atom. The number of nitrogen functional groups attached to an aromatic ring is 1. The van der Waals surface area contributed by atoms with E-state index in [9.17, 15) is 23.1 Å². The van der Waals surface area contributed by atoms with Gasteiger partial charge in [0, 0.05) is 28.6 Å². The predicted octanol–water partition coefficient (Wildman–Crippen LogP) is 4.17. The number of benzene rings is 2. The van der Waals surface area contributed by atoms with Crippen molar-refractivity contribution in [2.24, 2.45) is 7.05 Å². The van der Waals surface area contributed by atoms with E-state index in [2.05, 4.69) is 0 Å². The topological polar surface area (TPSA) is 68.2 Å². The van der Waals surface area contributed by atoms with Crippen LogP contribution in [-0.2, 0) is 13.2 Å². The molecule has 0 fully saturated rings. The van der Waals surface area contributed by atoms with Gasteiger partial charge in [0.1, 0.15) is 11.4 Å². The Kier molecular flexibility index (Phi) is 3.91. The van der Waals surface area contributed by atoms with Crippen LogP contribution in [0.15, 0.2) is 41.2 Å². The minimum absolute atomic E-state index is 0.0178. The summed E-state index contributed by atoms with van der Waals surface area (Å²) in [7, 11) is 1.41. The molecule has 3 aromatic rings. The Hall–Kier alpha value is -2.67. The highest BCUT2D eigenvalue weighted by Gasteiger charge is 2.31. The lowest BCUT2D eigenvalue weighted by atomic mass is 9.97. The van der Waals surface area contributed by atoms with Crippen molar-refractivity contribution < 1.29 is 18.3 Å². The van der Waals surface area contributed by atoms with Gasteiger partial charge >= 0.3 is 6.18 Å². The van der Waals surface area contributed by atoms with Crippen molar-refractivity contribution in [3.8, 4) is 16.9 Å². The second-order valence-electron chi connectivity index (χ2n) is 5.54. The number of pyridine rings is 1. The third kappa shape index (κ3) is 2.80. The summed E-state index contributed by atoms with van der Waals surface area (Å²) in [5.74, 6) is -0.247. The SMILES string of the molecule is Cn1c(=O)c(N)c(-c2cc(Cl)ccc2O)c2cc(C(F)(F)F)ccc21. The molecular weight excluding hydrogens is 357 g/mol. The highest BCUT2D eigenvalue weighted by Crippen LogP contribution is 2.40. The monoisotopic (exact) mass is 368 g/mol. The number of halogens is 4. The Morgan fingerprint density at radius 3 is 2.48 bits per heavy atom. The molecule has 130 valence electrons. The van der Waals surface area contributed by atoms with Gasteiger partial charge < -0.3 is 15.4 Å². The van der Waals surface area contributed by atoms with Crippen molar-refractivity contribution in [3.63, 3.8) is 0 Å². The van der Waals surface area contributed by atoms with Crippen LogP contribution in [-0.4, -0.2) is 9.67 Å². The molecular formula is C17H12ClF3N2O2. The van der Waals surface area contributed by atoms with E-state index in [1.165, 1.54) is 31.3 Å². The molecule has 0 aliphatic heterocycles. The van der Waals surface area contributed by atoms with Crippen molar-refractivity contribution in [3.05, 3.63) is 57.3 Å². The van der Waals surface area contributed by atoms with Crippen molar-refractivity contribution in [2.45, 2.75) is 6.18 Å². The van der Waals surface area contributed by atoms with Crippen LogP contribution in [0.25, 0.3) is 22.0 Å². The third-order valence-corrected chi connectivity index (χ3v) is 4.22. The molecule has 1 heterocycles. The number of phenols is 1. The number of anilines is 1. The minimum atomic E-state index is -4.56. The van der Waals surface area contributed by atoms with Crippen LogP contribution < -0.4 is 11.3 Å². The van der Waals surface area contributed by atoms with Gasteiger partial charge in [-0.15, -0.1) is 0 Å². The smallest absolute Gasteiger partial charge is 0.416 e. The Balaban J connectivity index is 2.52. The van der Waals surface area contributed by atoms with Gasteiger partial charge in [0.25, 0.3) is 5.56 Å². The zero-order valence-corrected chi connectivity index (χ0v) is 13.6. The van der Waals surface area contributed by atoms with Gasteiger partial charge in [0.05, 0.1) is 11.1 Å². The Labute approximate surface area is 144 Å². The largest absolute Gasteiger partial charge is 0.507 e. The van der Waals surface area contributed by atoms with Crippen LogP contribution in [0.2, 0.25) is 5.02 Å². The first kappa shape index (κ1) is 17.2. The minimum Gasteiger partial charge on any atom is -0.507 e. The second kappa shape index (κ2) is 5.70. The predicted molar refractivity (Wildman–Crippen MR) is 90.7 cm³/mol. The number of rotatable bonds is 1. The third-order valence-electron chi connectivity index (χ3n) is 3.99. The van der Waals surface area contributed by atoms with E-state index in [-0.39, 0.29) is 38.5 Å². The maximum absolute atomic E-state index is 13.1. The number of hydrogen-bond acceptors (Lipinski definition) is 3. The van der Waals surface area contributed by atoms with E-state index < -0.39 is 17.3 Å². The van der Waals surface area contributed by atoms with E-state index in [1.807, 2.05) is 0 Å². The number of nitrogens with two attached hydrogens (primary N) is 1. The normalized spacial score (nSPS) is 11.9. The zero-order chi connectivity index (χ0) is 18.5. The van der Waals surface area contributed by atoms with Gasteiger partial charge in [-0.1, -0.05) is 11.6 Å². The number of aryl methyl sites for hydroxylation is 1. The molecule has 0 saturated carbocycles. The highest BCUT2D eigenvalue weighted by molar-refractivity contribution is 6.31. The van der Waals surface area contributed by atoms with Gasteiger partial charge in [-0.3, -0.25) is 4.79 Å². The van der Waals surface area contributed by atoms with Crippen molar-refractivity contribution in [1.29, 1.82) is 0 Å². The maximum Gasteiger partial charge on any atom is 0.416 e. The van der Waals surface area contributed by atoms with E-state index in [1.54, 1.807) is 0 Å². The van der Waals surface area contributed by atoms with E-state index in [0.29, 0.717) is 0 Å². The number of nitrogens with zero attached hydrogens (tertiary/aromatic N) is 1. The number of aromatic nitrogens is 1. The summed E-state index contributed by atoms with van der Waals surface area (Å²) in [4.78, 5) is 12.4. The molecule has 2 aromatic carbocycles. The van der Waals surface area contributed by atoms with Crippen LogP contribution in [0.5, 0.6) is 5.75 Å². The molecule has 1 aromatic heterocycles. The van der Waals surface area contributed by atoms with Gasteiger partial charge in [0.2, 0.25) is 0 Å². The fourth-order valence-corrected chi connectivity index (χ4v) is 2.92. The summed E-state index contributed by atoms with van der Waals surface area (Å²) in [6, 6.07) is 7.04. The zero-order valence-electron chi connectivity index (χ0n) is 12.9. The fourth-order valence-electron chi connectivity index (χ4n) is 2.75. The molecule has 0 spiro atoms. The Bertz CT molecular complexity index is 1060. The van der Waals surface area contributed by atoms with Crippen molar-refractivity contribution in [1.82, 2.24) is 4.57 Å².